The molecule has 48 heteroatoms. The molecule has 1 atom stereocenters. The number of aromatic carboxylic acids is 1. The van der Waals surface area contributed by atoms with E-state index in [4.69, 9.17) is 15.8 Å². The second-order valence-electron chi connectivity index (χ2n) is 37.9. The molecule has 0 amide bonds. The van der Waals surface area contributed by atoms with Crippen molar-refractivity contribution in [1.29, 1.82) is 0 Å². The molecule has 0 saturated heterocycles. The Balaban J connectivity index is 0.000000173. The summed E-state index contributed by atoms with van der Waals surface area (Å²) in [7, 11) is -9.98. The van der Waals surface area contributed by atoms with Crippen LogP contribution in [-0.2, 0) is 209 Å². The predicted molar refractivity (Wildman–Crippen MR) is 542 cm³/mol. The number of nitrogens with zero attached hydrogens (tertiary/aromatic N) is 8. The maximum absolute atomic E-state index is 14.9. The van der Waals surface area contributed by atoms with E-state index in [0.29, 0.717) is 181 Å². The molecule has 9 N–H and O–H groups in total. The standard InChI is InChI=1S/C22H21FN3O4S.C21H25FN3O5S.C21H23FN3O3S.C16H13FN3O2.C16H14FN2O3.C6H9ClO2S.5W/c1-3-8-22(9-10-22)31(29,30)26-20-17-5-4-11-24(17)19(27)13-18(20)25(21(26)28)16-7-6-14(2)12-15(16)23;1-13-4-5-16(15(22)9-13)23-17-10-19(28)25-8-2-3-18(25)20(17)24-31(29,30)21(6-7-21)11-14(27)12-26;1-3-8-21(9-10-21)29(27,28)24-20-17(13-19(26)25-11-4-5-18(20)25)23-16-7-6-14(2)12-15(16)22;1-9-4-5-11(10(17)7-9)20-13-8-14(21)19-6-2-3-12(19)15(13)18-16(20)22;1-9-4-5-11(10(17)7-9)18-12-8-14(20)19-6-2-3-13(19)15(12)16(21)22;1-2-3-6(4-5-6)10(7,8)9;;;;;/h3,6-7,12H,1,4-5,8-11H2,2H3;4-5,9,14,23-24,26-27H,2-3,6-8,11-12H2,1H3;3,6-7,12,23-24H,1,4-5,8-11H2,2H3;4-5,7H,2-3,6H2,1H3,(H,18,22);4-5,7,18H,2-3,6H2,1H3,(H,21,22);2H,1,3-5H2;;;;;/q5*-1;;;;;;. The van der Waals surface area contributed by atoms with Gasteiger partial charge < -0.3 is 68.5 Å². The van der Waals surface area contributed by atoms with E-state index in [1.807, 2.05) is 0 Å². The largest absolute Gasteiger partial charge is 0.491 e. The number of pyridine rings is 5. The fourth-order valence-electron chi connectivity index (χ4n) is 19.2. The first kappa shape index (κ1) is 120. The van der Waals surface area contributed by atoms with Crippen molar-refractivity contribution in [2.75, 3.05) is 32.0 Å². The average Bonchev–Trinajstić information content (AvgIpc) is 1.53. The van der Waals surface area contributed by atoms with Crippen LogP contribution >= 0.6 is 10.7 Å². The van der Waals surface area contributed by atoms with E-state index in [0.717, 1.165) is 55.7 Å². The van der Waals surface area contributed by atoms with Crippen molar-refractivity contribution in [3.05, 3.63) is 323 Å². The van der Waals surface area contributed by atoms with E-state index >= 15 is 0 Å². The van der Waals surface area contributed by atoms with Gasteiger partial charge in [-0.3, -0.25) is 41.9 Å². The van der Waals surface area contributed by atoms with Gasteiger partial charge in [0.15, 0.2) is 27.8 Å². The number of carboxylic acid groups (broad SMARTS) is 1. The Morgan fingerprint density at radius 2 is 0.780 bits per heavy atom. The molecule has 5 aliphatic heterocycles. The Morgan fingerprint density at radius 1 is 0.447 bits per heavy atom. The molecule has 0 radical (unpaired) electrons. The summed E-state index contributed by atoms with van der Waals surface area (Å²) in [6, 6.07) is 35.8. The number of rotatable bonds is 27. The molecule has 5 aromatic carbocycles. The van der Waals surface area contributed by atoms with Gasteiger partial charge in [-0.25, -0.2) is 65.2 Å². The van der Waals surface area contributed by atoms with Crippen LogP contribution in [-0.4, -0.2) is 128 Å². The summed E-state index contributed by atoms with van der Waals surface area (Å²) in [6.07, 6.45) is 14.9. The van der Waals surface area contributed by atoms with Crippen LogP contribution in [0.4, 0.5) is 67.5 Å². The number of halogens is 6. The number of H-pyrrole nitrogens is 1. The van der Waals surface area contributed by atoms with Crippen molar-refractivity contribution >= 4 is 123 Å². The number of aliphatic hydroxyl groups is 2. The number of sulfonamides is 2. The third-order valence-corrected chi connectivity index (χ3v) is 37.1. The Labute approximate surface area is 936 Å². The summed E-state index contributed by atoms with van der Waals surface area (Å²) in [4.78, 5) is 102. The van der Waals surface area contributed by atoms with Crippen LogP contribution in [0.25, 0.3) is 33.4 Å². The van der Waals surface area contributed by atoms with Gasteiger partial charge in [0.25, 0.3) is 5.97 Å². The quantitative estimate of drug-likeness (QED) is 0.00999. The minimum Gasteiger partial charge on any atom is -0.491 e. The Hall–Kier alpha value is -9.82. The van der Waals surface area contributed by atoms with Crippen LogP contribution in [0.2, 0.25) is 0 Å². The summed E-state index contributed by atoms with van der Waals surface area (Å²) >= 11 is 0. The van der Waals surface area contributed by atoms with Gasteiger partial charge in [-0.05, 0) is 304 Å². The van der Waals surface area contributed by atoms with E-state index in [-0.39, 0.29) is 203 Å². The van der Waals surface area contributed by atoms with Crippen LogP contribution in [0.3, 0.4) is 0 Å². The van der Waals surface area contributed by atoms with Crippen molar-refractivity contribution < 1.29 is 181 Å². The summed E-state index contributed by atoms with van der Waals surface area (Å²) in [5, 5.41) is 36.8. The summed E-state index contributed by atoms with van der Waals surface area (Å²) in [5.41, 5.74) is 5.23. The molecule has 9 aliphatic rings. The van der Waals surface area contributed by atoms with E-state index in [1.54, 1.807) is 87.7 Å². The SMILES string of the molecule is C=CCC1(S(=O)(=O)Cl)CC1.C=CCC1(S(=O)(=O)Nc2c(Nc3ccc(C)cc3F)[c-]c(=O)n3c2CCC3)CC1.C=CCC1(S(=O)(=O)n2c(=O)n(-c3ccc(C)cc3F)c3[c-]c(=O)n4c(c32)CCC4)CC1.Cc1ccc(-n2c(=O)[nH]c3c4n(c(=O)[c-]c32)CCC4)c(F)c1.Cc1ccc(Nc2[c-]c(=O)n3c(c2C(=O)O)CCC3)c(F)c1.Cc1ccc(Nc2[c-]c(=O)n3c(c2NS(=O)(=O)C2(CC(O)CO)CC2)CCC3)c(F)c1.[W].[W].[W].[W].[W]. The molecule has 798 valence electrons. The summed E-state index contributed by atoms with van der Waals surface area (Å²) in [5.74, 6) is -3.87. The number of aliphatic hydroxyl groups excluding tert-OH is 2. The molecule has 4 saturated carbocycles. The number of benzene rings is 5. The summed E-state index contributed by atoms with van der Waals surface area (Å²) in [6.45, 7) is 21.5. The van der Waals surface area contributed by atoms with Crippen LogP contribution in [0.1, 0.15) is 176 Å². The Kier molecular flexibility index (Phi) is 38.2. The Morgan fingerprint density at radius 3 is 1.17 bits per heavy atom. The molecule has 0 bridgehead atoms. The molecule has 7 aromatic heterocycles. The molecule has 4 aliphatic carbocycles. The number of hydrogen-bond donors (Lipinski definition) is 9. The fraction of sp³-hybridized carbons (Fsp3) is 0.373. The molecule has 150 heavy (non-hydrogen) atoms. The number of fused-ring (bicyclic) bond motifs is 9. The minimum atomic E-state index is -4.14. The number of aryl methyl sites for hydroxylation is 7. The molecule has 33 nitrogen and oxygen atoms in total. The number of aromatic nitrogens is 9. The molecule has 12 heterocycles. The number of nitrogens with one attached hydrogen (secondary N) is 6. The van der Waals surface area contributed by atoms with Crippen molar-refractivity contribution in [1.82, 2.24) is 40.9 Å². The zero-order valence-electron chi connectivity index (χ0n) is 81.8. The normalized spacial score (nSPS) is 15.9. The number of hydrogen-bond acceptors (Lipinski definition) is 21. The van der Waals surface area contributed by atoms with Crippen LogP contribution < -0.4 is 64.6 Å². The van der Waals surface area contributed by atoms with Gasteiger partial charge in [0.05, 0.1) is 60.1 Å². The third-order valence-electron chi connectivity index (χ3n) is 27.6. The Bertz CT molecular complexity index is 8320. The smallest absolute Gasteiger partial charge is 0.328 e. The molecule has 21 rings (SSSR count). The number of anilines is 8. The third kappa shape index (κ3) is 24.1. The van der Waals surface area contributed by atoms with Gasteiger partial charge >= 0.3 is 11.4 Å². The fourth-order valence-corrected chi connectivity index (χ4v) is 26.3. The second-order valence-corrected chi connectivity index (χ2v) is 47.2. The number of carbonyl (C=O) groups is 1. The van der Waals surface area contributed by atoms with E-state index in [2.05, 4.69) is 80.4 Å². The van der Waals surface area contributed by atoms with Gasteiger partial charge in [-0.15, -0.1) is 36.8 Å². The van der Waals surface area contributed by atoms with Gasteiger partial charge in [-0.1, -0.05) is 76.5 Å². The first-order chi connectivity index (χ1) is 68.7. The van der Waals surface area contributed by atoms with Gasteiger partial charge in [0.2, 0.25) is 39.1 Å². The van der Waals surface area contributed by atoms with Crippen molar-refractivity contribution in [3.63, 3.8) is 0 Å². The molecular weight excluding hydrogens is 2900 g/mol. The van der Waals surface area contributed by atoms with E-state index in [9.17, 15) is 104 Å². The molecule has 0 spiro atoms. The monoisotopic (exact) mass is 3010 g/mol. The van der Waals surface area contributed by atoms with E-state index < -0.39 is 134 Å². The summed E-state index contributed by atoms with van der Waals surface area (Å²) < 4.78 is 185. The second kappa shape index (κ2) is 47.6. The molecular formula is C102H105ClF5N14O19S4W5-5. The minimum absolute atomic E-state index is 0. The van der Waals surface area contributed by atoms with E-state index in [1.165, 1.54) is 83.5 Å². The zero-order valence-corrected chi connectivity index (χ0v) is 100. The number of imidazole rings is 2. The molecule has 1 unspecified atom stereocenters. The number of allylic oxidation sites excluding steroid dienone is 3. The van der Waals surface area contributed by atoms with Crippen molar-refractivity contribution in [2.24, 2.45) is 0 Å². The van der Waals surface area contributed by atoms with Crippen molar-refractivity contribution in [3.8, 4) is 11.4 Å². The van der Waals surface area contributed by atoms with Crippen molar-refractivity contribution in [2.45, 2.75) is 234 Å². The average molecular weight is 3010 g/mol. The predicted octanol–water partition coefficient (Wildman–Crippen LogP) is 13.7. The maximum Gasteiger partial charge on any atom is 0.328 e. The van der Waals surface area contributed by atoms with Gasteiger partial charge in [0, 0.05) is 149 Å². The van der Waals surface area contributed by atoms with Gasteiger partial charge in [-0.2, -0.15) is 30.3 Å². The first-order valence-corrected chi connectivity index (χ1v) is 53.8. The van der Waals surface area contributed by atoms with Crippen LogP contribution in [0, 0.1) is 94.0 Å². The van der Waals surface area contributed by atoms with Crippen LogP contribution in [0.15, 0.2) is 163 Å². The topological polar surface area (TPSA) is 449 Å². The first-order valence-electron chi connectivity index (χ1n) is 47.1. The van der Waals surface area contributed by atoms with Gasteiger partial charge in [0.1, 0.15) is 29.1 Å². The van der Waals surface area contributed by atoms with Crippen LogP contribution in [0.5, 0.6) is 0 Å². The molecule has 4 fully saturated rings. The number of carboxylic acids is 1. The number of aromatic amines is 1. The maximum atomic E-state index is 14.9. The zero-order chi connectivity index (χ0) is 104. The molecule has 12 aromatic rings.